The van der Waals surface area contributed by atoms with Gasteiger partial charge in [0.15, 0.2) is 0 Å². The standard InChI is InChI=1S/C15H18BrFN2O/c16-12-9-11-5-6-15(19-14(11)10-13(12)17)18-7-3-1-2-4-8-20/h5-6,9-10,20H,1-4,7-8H2,(H,18,19). The maximum Gasteiger partial charge on any atom is 0.139 e. The molecule has 20 heavy (non-hydrogen) atoms. The van der Waals surface area contributed by atoms with Gasteiger partial charge in [0, 0.05) is 24.6 Å². The highest BCUT2D eigenvalue weighted by atomic mass is 79.9. The second kappa shape index (κ2) is 7.55. The van der Waals surface area contributed by atoms with E-state index >= 15 is 0 Å². The normalized spacial score (nSPS) is 10.9. The van der Waals surface area contributed by atoms with Crippen molar-refractivity contribution >= 4 is 32.7 Å². The number of benzene rings is 1. The lowest BCUT2D eigenvalue weighted by Gasteiger charge is -2.07. The Morgan fingerprint density at radius 3 is 2.75 bits per heavy atom. The fraction of sp³-hybridized carbons (Fsp3) is 0.400. The van der Waals surface area contributed by atoms with Crippen LogP contribution in [0.5, 0.6) is 0 Å². The van der Waals surface area contributed by atoms with Crippen LogP contribution < -0.4 is 5.32 Å². The van der Waals surface area contributed by atoms with Crippen LogP contribution in [0.25, 0.3) is 10.9 Å². The quantitative estimate of drug-likeness (QED) is 0.746. The predicted octanol–water partition coefficient (Wildman–Crippen LogP) is 4.10. The molecule has 2 aromatic rings. The smallest absolute Gasteiger partial charge is 0.139 e. The molecule has 0 saturated heterocycles. The third-order valence-electron chi connectivity index (χ3n) is 3.12. The molecule has 1 aromatic carbocycles. The predicted molar refractivity (Wildman–Crippen MR) is 83.4 cm³/mol. The summed E-state index contributed by atoms with van der Waals surface area (Å²) in [4.78, 5) is 4.40. The minimum atomic E-state index is -0.300. The molecule has 0 bridgehead atoms. The number of pyridine rings is 1. The van der Waals surface area contributed by atoms with E-state index in [1.165, 1.54) is 6.07 Å². The molecular formula is C15H18BrFN2O. The maximum absolute atomic E-state index is 13.5. The van der Waals surface area contributed by atoms with E-state index < -0.39 is 0 Å². The van der Waals surface area contributed by atoms with Crippen molar-refractivity contribution in [3.63, 3.8) is 0 Å². The molecule has 2 rings (SSSR count). The molecule has 0 amide bonds. The molecular weight excluding hydrogens is 323 g/mol. The Balaban J connectivity index is 1.93. The number of aliphatic hydroxyl groups is 1. The van der Waals surface area contributed by atoms with Gasteiger partial charge in [0.05, 0.1) is 9.99 Å². The molecule has 0 aliphatic heterocycles. The van der Waals surface area contributed by atoms with Gasteiger partial charge in [-0.15, -0.1) is 0 Å². The number of nitrogens with zero attached hydrogens (tertiary/aromatic N) is 1. The van der Waals surface area contributed by atoms with Crippen molar-refractivity contribution in [3.8, 4) is 0 Å². The van der Waals surface area contributed by atoms with Crippen LogP contribution in [0, 0.1) is 5.82 Å². The highest BCUT2D eigenvalue weighted by Crippen LogP contribution is 2.23. The summed E-state index contributed by atoms with van der Waals surface area (Å²) in [5, 5.41) is 12.8. The number of aromatic nitrogens is 1. The van der Waals surface area contributed by atoms with Crippen LogP contribution in [0.4, 0.5) is 10.2 Å². The number of aliphatic hydroxyl groups excluding tert-OH is 1. The summed E-state index contributed by atoms with van der Waals surface area (Å²) in [5.74, 6) is 0.465. The topological polar surface area (TPSA) is 45.1 Å². The molecule has 3 nitrogen and oxygen atoms in total. The third kappa shape index (κ3) is 4.15. The van der Waals surface area contributed by atoms with E-state index in [2.05, 4.69) is 26.2 Å². The fourth-order valence-electron chi connectivity index (χ4n) is 2.02. The van der Waals surface area contributed by atoms with E-state index in [0.717, 1.165) is 43.4 Å². The molecule has 0 fully saturated rings. The number of fused-ring (bicyclic) bond motifs is 1. The van der Waals surface area contributed by atoms with Crippen molar-refractivity contribution in [1.29, 1.82) is 0 Å². The molecule has 0 aliphatic rings. The van der Waals surface area contributed by atoms with Gasteiger partial charge >= 0.3 is 0 Å². The molecule has 2 N–H and O–H groups in total. The van der Waals surface area contributed by atoms with Gasteiger partial charge in [-0.2, -0.15) is 0 Å². The number of halogens is 2. The van der Waals surface area contributed by atoms with E-state index in [1.807, 2.05) is 12.1 Å². The summed E-state index contributed by atoms with van der Waals surface area (Å²) in [6, 6.07) is 7.00. The van der Waals surface area contributed by atoms with Gasteiger partial charge < -0.3 is 10.4 Å². The van der Waals surface area contributed by atoms with Crippen molar-refractivity contribution in [2.24, 2.45) is 0 Å². The zero-order chi connectivity index (χ0) is 14.4. The van der Waals surface area contributed by atoms with Crippen LogP contribution in [0.1, 0.15) is 25.7 Å². The molecule has 0 aliphatic carbocycles. The minimum Gasteiger partial charge on any atom is -0.396 e. The number of nitrogens with one attached hydrogen (secondary N) is 1. The molecule has 0 spiro atoms. The van der Waals surface area contributed by atoms with Gasteiger partial charge in [0.2, 0.25) is 0 Å². The third-order valence-corrected chi connectivity index (χ3v) is 3.73. The molecule has 5 heteroatoms. The number of hydrogen-bond acceptors (Lipinski definition) is 3. The van der Waals surface area contributed by atoms with Gasteiger partial charge in [-0.25, -0.2) is 9.37 Å². The Bertz CT molecular complexity index is 577. The van der Waals surface area contributed by atoms with E-state index in [-0.39, 0.29) is 12.4 Å². The highest BCUT2D eigenvalue weighted by molar-refractivity contribution is 9.10. The number of hydrogen-bond donors (Lipinski definition) is 2. The zero-order valence-electron chi connectivity index (χ0n) is 11.2. The Labute approximate surface area is 126 Å². The Morgan fingerprint density at radius 1 is 1.15 bits per heavy atom. The maximum atomic E-state index is 13.5. The summed E-state index contributed by atoms with van der Waals surface area (Å²) in [7, 11) is 0. The SMILES string of the molecule is OCCCCCCNc1ccc2cc(Br)c(F)cc2n1. The van der Waals surface area contributed by atoms with E-state index in [0.29, 0.717) is 9.99 Å². The molecule has 0 unspecified atom stereocenters. The zero-order valence-corrected chi connectivity index (χ0v) is 12.8. The second-order valence-corrected chi connectivity index (χ2v) is 5.57. The number of anilines is 1. The van der Waals surface area contributed by atoms with Crippen LogP contribution in [-0.4, -0.2) is 23.2 Å². The first kappa shape index (κ1) is 15.2. The van der Waals surface area contributed by atoms with Gasteiger partial charge in [-0.1, -0.05) is 12.8 Å². The first-order valence-electron chi connectivity index (χ1n) is 6.81. The van der Waals surface area contributed by atoms with Gasteiger partial charge in [-0.3, -0.25) is 0 Å². The molecule has 0 saturated carbocycles. The van der Waals surface area contributed by atoms with E-state index in [1.54, 1.807) is 6.07 Å². The monoisotopic (exact) mass is 340 g/mol. The summed E-state index contributed by atoms with van der Waals surface area (Å²) in [6.45, 7) is 1.10. The molecule has 0 atom stereocenters. The largest absolute Gasteiger partial charge is 0.396 e. The number of unbranched alkanes of at least 4 members (excludes halogenated alkanes) is 3. The van der Waals surface area contributed by atoms with Crippen molar-refractivity contribution in [2.45, 2.75) is 25.7 Å². The lowest BCUT2D eigenvalue weighted by Crippen LogP contribution is -2.03. The Morgan fingerprint density at radius 2 is 1.95 bits per heavy atom. The second-order valence-electron chi connectivity index (χ2n) is 4.72. The Hall–Kier alpha value is -1.20. The summed E-state index contributed by atoms with van der Waals surface area (Å²) in [5.41, 5.74) is 0.649. The van der Waals surface area contributed by atoms with Gasteiger partial charge in [0.1, 0.15) is 11.6 Å². The van der Waals surface area contributed by atoms with Gasteiger partial charge in [-0.05, 0) is 47.0 Å². The summed E-state index contributed by atoms with van der Waals surface area (Å²) < 4.78 is 13.9. The first-order valence-corrected chi connectivity index (χ1v) is 7.60. The summed E-state index contributed by atoms with van der Waals surface area (Å²) >= 11 is 3.17. The minimum absolute atomic E-state index is 0.265. The molecule has 1 aromatic heterocycles. The van der Waals surface area contributed by atoms with E-state index in [4.69, 9.17) is 5.11 Å². The highest BCUT2D eigenvalue weighted by Gasteiger charge is 2.04. The average Bonchev–Trinajstić information content (AvgIpc) is 2.44. The van der Waals surface area contributed by atoms with E-state index in [9.17, 15) is 4.39 Å². The van der Waals surface area contributed by atoms with Gasteiger partial charge in [0.25, 0.3) is 0 Å². The average molecular weight is 341 g/mol. The fourth-order valence-corrected chi connectivity index (χ4v) is 2.38. The molecule has 108 valence electrons. The lowest BCUT2D eigenvalue weighted by molar-refractivity contribution is 0.283. The van der Waals surface area contributed by atoms with Crippen molar-refractivity contribution < 1.29 is 9.50 Å². The number of rotatable bonds is 7. The van der Waals surface area contributed by atoms with Crippen LogP contribution in [0.2, 0.25) is 0 Å². The molecule has 1 heterocycles. The van der Waals surface area contributed by atoms with Crippen LogP contribution in [-0.2, 0) is 0 Å². The molecule has 0 radical (unpaired) electrons. The lowest BCUT2D eigenvalue weighted by atomic mass is 10.2. The van der Waals surface area contributed by atoms with Crippen LogP contribution in [0.15, 0.2) is 28.7 Å². The summed E-state index contributed by atoms with van der Waals surface area (Å²) in [6.07, 6.45) is 4.03. The van der Waals surface area contributed by atoms with Crippen molar-refractivity contribution in [3.05, 3.63) is 34.6 Å². The van der Waals surface area contributed by atoms with Crippen molar-refractivity contribution in [1.82, 2.24) is 4.98 Å². The van der Waals surface area contributed by atoms with Crippen molar-refractivity contribution in [2.75, 3.05) is 18.5 Å². The first-order chi connectivity index (χ1) is 9.70. The van der Waals surface area contributed by atoms with Crippen LogP contribution in [0.3, 0.4) is 0 Å². The Kier molecular flexibility index (Phi) is 5.73. The van der Waals surface area contributed by atoms with Crippen LogP contribution >= 0.6 is 15.9 Å².